The van der Waals surface area contributed by atoms with Crippen LogP contribution in [0.5, 0.6) is 0 Å². The van der Waals surface area contributed by atoms with Gasteiger partial charge in [0.15, 0.2) is 0 Å². The van der Waals surface area contributed by atoms with Gasteiger partial charge in [0.2, 0.25) is 0 Å². The monoisotopic (exact) mass is 188 g/mol. The van der Waals surface area contributed by atoms with Gasteiger partial charge in [-0.3, -0.25) is 0 Å². The lowest BCUT2D eigenvalue weighted by Crippen LogP contribution is -1.91. The fourth-order valence-electron chi connectivity index (χ4n) is 1.67. The van der Waals surface area contributed by atoms with Crippen molar-refractivity contribution >= 4 is 5.57 Å². The molecule has 0 atom stereocenters. The number of halogens is 1. The molecule has 1 aromatic rings. The average Bonchev–Trinajstić information content (AvgIpc) is 2.19. The molecular weight excluding hydrogens is 175 g/mol. The van der Waals surface area contributed by atoms with Gasteiger partial charge in [0, 0.05) is 0 Å². The van der Waals surface area contributed by atoms with Crippen LogP contribution < -0.4 is 0 Å². The quantitative estimate of drug-likeness (QED) is 0.626. The number of rotatable bonds is 1. The van der Waals surface area contributed by atoms with Crippen molar-refractivity contribution < 1.29 is 4.39 Å². The molecule has 0 heterocycles. The largest absolute Gasteiger partial charge is 0.207 e. The molecule has 0 saturated carbocycles. The van der Waals surface area contributed by atoms with Gasteiger partial charge in [-0.05, 0) is 43.0 Å². The zero-order valence-electron chi connectivity index (χ0n) is 8.26. The Labute approximate surface area is 83.8 Å². The molecule has 0 bridgehead atoms. The third kappa shape index (κ3) is 1.92. The van der Waals surface area contributed by atoms with Crippen molar-refractivity contribution in [1.29, 1.82) is 0 Å². The van der Waals surface area contributed by atoms with E-state index in [2.05, 4.69) is 19.1 Å². The van der Waals surface area contributed by atoms with E-state index in [1.165, 1.54) is 17.2 Å². The lowest BCUT2D eigenvalue weighted by Gasteiger charge is -2.12. The number of allylic oxidation sites excluding steroid dienone is 4. The van der Waals surface area contributed by atoms with Crippen molar-refractivity contribution in [3.05, 3.63) is 53.4 Å². The number of benzene rings is 1. The van der Waals surface area contributed by atoms with E-state index in [0.717, 1.165) is 18.4 Å². The molecule has 0 N–H and O–H groups in total. The first-order valence-corrected chi connectivity index (χ1v) is 4.88. The summed E-state index contributed by atoms with van der Waals surface area (Å²) in [6.07, 6.45) is 6.31. The van der Waals surface area contributed by atoms with E-state index in [-0.39, 0.29) is 5.82 Å². The molecule has 14 heavy (non-hydrogen) atoms. The topological polar surface area (TPSA) is 0 Å². The van der Waals surface area contributed by atoms with Crippen LogP contribution in [0.25, 0.3) is 5.57 Å². The van der Waals surface area contributed by atoms with Gasteiger partial charge < -0.3 is 0 Å². The zero-order chi connectivity index (χ0) is 9.97. The SMILES string of the molecule is CC1=CC=C(c2cccc(F)c2)CC1. The Morgan fingerprint density at radius 3 is 2.64 bits per heavy atom. The number of hydrogen-bond acceptors (Lipinski definition) is 0. The summed E-state index contributed by atoms with van der Waals surface area (Å²) >= 11 is 0. The third-order valence-electron chi connectivity index (χ3n) is 2.55. The summed E-state index contributed by atoms with van der Waals surface area (Å²) in [5.41, 5.74) is 3.63. The summed E-state index contributed by atoms with van der Waals surface area (Å²) in [4.78, 5) is 0. The van der Waals surface area contributed by atoms with Crippen LogP contribution in [0.3, 0.4) is 0 Å². The van der Waals surface area contributed by atoms with Crippen molar-refractivity contribution in [3.63, 3.8) is 0 Å². The van der Waals surface area contributed by atoms with Gasteiger partial charge in [-0.15, -0.1) is 0 Å². The zero-order valence-corrected chi connectivity index (χ0v) is 8.26. The average molecular weight is 188 g/mol. The standard InChI is InChI=1S/C13H13F/c1-10-5-7-11(8-6-10)12-3-2-4-13(14)9-12/h2-5,7,9H,6,8H2,1H3. The van der Waals surface area contributed by atoms with Crippen LogP contribution in [0.2, 0.25) is 0 Å². The Morgan fingerprint density at radius 1 is 1.14 bits per heavy atom. The van der Waals surface area contributed by atoms with E-state index in [1.807, 2.05) is 6.07 Å². The Bertz CT molecular complexity index is 399. The first kappa shape index (κ1) is 9.20. The number of hydrogen-bond donors (Lipinski definition) is 0. The van der Waals surface area contributed by atoms with Crippen LogP contribution in [0.1, 0.15) is 25.3 Å². The molecule has 1 aliphatic rings. The van der Waals surface area contributed by atoms with E-state index >= 15 is 0 Å². The summed E-state index contributed by atoms with van der Waals surface area (Å²) in [6.45, 7) is 2.12. The molecule has 0 radical (unpaired) electrons. The maximum Gasteiger partial charge on any atom is 0.123 e. The molecule has 1 aromatic carbocycles. The molecule has 72 valence electrons. The molecule has 0 nitrogen and oxygen atoms in total. The highest BCUT2D eigenvalue weighted by Gasteiger charge is 2.05. The third-order valence-corrected chi connectivity index (χ3v) is 2.55. The van der Waals surface area contributed by atoms with Gasteiger partial charge >= 0.3 is 0 Å². The van der Waals surface area contributed by atoms with Crippen LogP contribution in [-0.2, 0) is 0 Å². The van der Waals surface area contributed by atoms with Gasteiger partial charge in [0.25, 0.3) is 0 Å². The van der Waals surface area contributed by atoms with Crippen molar-refractivity contribution in [1.82, 2.24) is 0 Å². The normalized spacial score (nSPS) is 16.1. The first-order chi connectivity index (χ1) is 6.75. The Balaban J connectivity index is 2.32. The summed E-state index contributed by atoms with van der Waals surface area (Å²) in [7, 11) is 0. The molecular formula is C13H13F. The van der Waals surface area contributed by atoms with Crippen molar-refractivity contribution in [3.8, 4) is 0 Å². The van der Waals surface area contributed by atoms with Crippen LogP contribution in [0.15, 0.2) is 42.0 Å². The minimum atomic E-state index is -0.158. The second kappa shape index (κ2) is 3.79. The molecule has 0 fully saturated rings. The van der Waals surface area contributed by atoms with Gasteiger partial charge in [0.05, 0.1) is 0 Å². The maximum absolute atomic E-state index is 13.0. The second-order valence-corrected chi connectivity index (χ2v) is 3.72. The fraction of sp³-hybridized carbons (Fsp3) is 0.231. The molecule has 2 rings (SSSR count). The smallest absolute Gasteiger partial charge is 0.123 e. The van der Waals surface area contributed by atoms with E-state index < -0.39 is 0 Å². The molecule has 0 amide bonds. The van der Waals surface area contributed by atoms with Gasteiger partial charge in [-0.2, -0.15) is 0 Å². The lowest BCUT2D eigenvalue weighted by atomic mass is 9.94. The van der Waals surface area contributed by atoms with Crippen LogP contribution in [-0.4, -0.2) is 0 Å². The molecule has 0 spiro atoms. The minimum Gasteiger partial charge on any atom is -0.207 e. The molecule has 0 aliphatic heterocycles. The highest BCUT2D eigenvalue weighted by molar-refractivity contribution is 5.68. The second-order valence-electron chi connectivity index (χ2n) is 3.72. The molecule has 1 heteroatoms. The van der Waals surface area contributed by atoms with Crippen molar-refractivity contribution in [2.24, 2.45) is 0 Å². The summed E-state index contributed by atoms with van der Waals surface area (Å²) in [5, 5.41) is 0. The summed E-state index contributed by atoms with van der Waals surface area (Å²) in [6, 6.07) is 6.80. The lowest BCUT2D eigenvalue weighted by molar-refractivity contribution is 0.627. The van der Waals surface area contributed by atoms with Crippen molar-refractivity contribution in [2.45, 2.75) is 19.8 Å². The van der Waals surface area contributed by atoms with Gasteiger partial charge in [0.1, 0.15) is 5.82 Å². The van der Waals surface area contributed by atoms with Gasteiger partial charge in [-0.1, -0.05) is 29.9 Å². The van der Waals surface area contributed by atoms with E-state index in [1.54, 1.807) is 12.1 Å². The van der Waals surface area contributed by atoms with Crippen LogP contribution in [0, 0.1) is 5.82 Å². The summed E-state index contributed by atoms with van der Waals surface area (Å²) < 4.78 is 13.0. The highest BCUT2D eigenvalue weighted by Crippen LogP contribution is 2.26. The molecule has 0 unspecified atom stereocenters. The summed E-state index contributed by atoms with van der Waals surface area (Å²) in [5.74, 6) is -0.158. The van der Waals surface area contributed by atoms with Gasteiger partial charge in [-0.25, -0.2) is 4.39 Å². The van der Waals surface area contributed by atoms with E-state index in [0.29, 0.717) is 0 Å². The Kier molecular flexibility index (Phi) is 2.49. The maximum atomic E-state index is 13.0. The fourth-order valence-corrected chi connectivity index (χ4v) is 1.67. The first-order valence-electron chi connectivity index (χ1n) is 4.88. The predicted molar refractivity (Wildman–Crippen MR) is 57.4 cm³/mol. The highest BCUT2D eigenvalue weighted by atomic mass is 19.1. The Morgan fingerprint density at radius 2 is 2.00 bits per heavy atom. The minimum absolute atomic E-state index is 0.158. The molecule has 0 aromatic heterocycles. The van der Waals surface area contributed by atoms with Crippen LogP contribution in [0.4, 0.5) is 4.39 Å². The molecule has 1 aliphatic carbocycles. The Hall–Kier alpha value is -1.37. The predicted octanol–water partition coefficient (Wildman–Crippen LogP) is 3.95. The van der Waals surface area contributed by atoms with Crippen LogP contribution >= 0.6 is 0 Å². The molecule has 0 saturated heterocycles. The van der Waals surface area contributed by atoms with E-state index in [4.69, 9.17) is 0 Å². The van der Waals surface area contributed by atoms with E-state index in [9.17, 15) is 4.39 Å². The van der Waals surface area contributed by atoms with Crippen molar-refractivity contribution in [2.75, 3.05) is 0 Å².